The summed E-state index contributed by atoms with van der Waals surface area (Å²) < 4.78 is 5.82. The lowest BCUT2D eigenvalue weighted by Crippen LogP contribution is -2.11. The van der Waals surface area contributed by atoms with Gasteiger partial charge in [-0.05, 0) is 36.8 Å². The van der Waals surface area contributed by atoms with Crippen molar-refractivity contribution in [2.75, 3.05) is 0 Å². The van der Waals surface area contributed by atoms with Crippen LogP contribution in [0, 0.1) is 6.92 Å². The molecule has 0 aliphatic carbocycles. The predicted molar refractivity (Wildman–Crippen MR) is 100 cm³/mol. The van der Waals surface area contributed by atoms with E-state index in [0.717, 1.165) is 23.6 Å². The van der Waals surface area contributed by atoms with Gasteiger partial charge in [-0.15, -0.1) is 12.4 Å². The first kappa shape index (κ1) is 18.8. The third kappa shape index (κ3) is 4.95. The third-order valence-electron chi connectivity index (χ3n) is 3.83. The van der Waals surface area contributed by atoms with Gasteiger partial charge < -0.3 is 14.8 Å². The van der Waals surface area contributed by atoms with E-state index in [9.17, 15) is 4.79 Å². The van der Waals surface area contributed by atoms with Gasteiger partial charge in [0.15, 0.2) is 0 Å². The number of carboxylic acid groups (broad SMARTS) is 1. The number of benzene rings is 2. The molecule has 2 aromatic carbocycles. The molecule has 130 valence electrons. The molecule has 5 heteroatoms. The fourth-order valence-electron chi connectivity index (χ4n) is 2.44. The molecule has 4 nitrogen and oxygen atoms in total. The Balaban J connectivity index is 0.00000225. The Hall–Kier alpha value is -2.56. The second-order valence-electron chi connectivity index (χ2n) is 5.74. The van der Waals surface area contributed by atoms with Crippen molar-refractivity contribution in [3.63, 3.8) is 0 Å². The molecular formula is C20H20ClNO3. The first-order valence-electron chi connectivity index (χ1n) is 7.80. The van der Waals surface area contributed by atoms with Gasteiger partial charge in [0.05, 0.1) is 12.1 Å². The molecule has 3 rings (SSSR count). The normalized spacial score (nSPS) is 10.3. The van der Waals surface area contributed by atoms with Gasteiger partial charge >= 0.3 is 5.97 Å². The van der Waals surface area contributed by atoms with Gasteiger partial charge in [-0.2, -0.15) is 0 Å². The lowest BCUT2D eigenvalue weighted by molar-refractivity contribution is 0.0697. The number of hydrogen-bond donors (Lipinski definition) is 2. The maximum Gasteiger partial charge on any atom is 0.335 e. The van der Waals surface area contributed by atoms with Crippen LogP contribution in [0.1, 0.15) is 27.2 Å². The number of aromatic carboxylic acids is 1. The summed E-state index contributed by atoms with van der Waals surface area (Å²) >= 11 is 0. The van der Waals surface area contributed by atoms with Crippen molar-refractivity contribution < 1.29 is 14.3 Å². The molecule has 25 heavy (non-hydrogen) atoms. The standard InChI is InChI=1S/C20H19NO3.ClH/c1-14-2-4-15(5-3-14)12-21-13-18-10-11-19(24-18)16-6-8-17(9-7-16)20(22)23;/h2-11,21H,12-13H2,1H3,(H,22,23);1H. The molecule has 0 spiro atoms. The largest absolute Gasteiger partial charge is 0.478 e. The van der Waals surface area contributed by atoms with E-state index in [2.05, 4.69) is 36.5 Å². The number of furan rings is 1. The molecule has 0 aliphatic heterocycles. The Morgan fingerprint density at radius 2 is 1.64 bits per heavy atom. The van der Waals surface area contributed by atoms with E-state index >= 15 is 0 Å². The molecule has 3 aromatic rings. The topological polar surface area (TPSA) is 62.5 Å². The molecule has 0 amide bonds. The van der Waals surface area contributed by atoms with E-state index in [0.29, 0.717) is 6.54 Å². The fraction of sp³-hybridized carbons (Fsp3) is 0.150. The van der Waals surface area contributed by atoms with E-state index in [-0.39, 0.29) is 18.0 Å². The SMILES string of the molecule is Cc1ccc(CNCc2ccc(-c3ccc(C(=O)O)cc3)o2)cc1.Cl. The zero-order valence-electron chi connectivity index (χ0n) is 13.9. The van der Waals surface area contributed by atoms with Crippen LogP contribution in [0.4, 0.5) is 0 Å². The van der Waals surface area contributed by atoms with Gasteiger partial charge in [-0.25, -0.2) is 4.79 Å². The van der Waals surface area contributed by atoms with Gasteiger partial charge in [0, 0.05) is 12.1 Å². The van der Waals surface area contributed by atoms with Crippen LogP contribution in [0.5, 0.6) is 0 Å². The van der Waals surface area contributed by atoms with Gasteiger partial charge in [0.2, 0.25) is 0 Å². The molecule has 1 aromatic heterocycles. The Bertz CT molecular complexity index is 823. The number of halogens is 1. The van der Waals surface area contributed by atoms with Crippen LogP contribution in [0.2, 0.25) is 0 Å². The number of rotatable bonds is 6. The Labute approximate surface area is 152 Å². The van der Waals surface area contributed by atoms with E-state index in [1.807, 2.05) is 12.1 Å². The van der Waals surface area contributed by atoms with Crippen LogP contribution in [0.15, 0.2) is 65.1 Å². The van der Waals surface area contributed by atoms with Crippen LogP contribution in [0.25, 0.3) is 11.3 Å². The maximum absolute atomic E-state index is 10.9. The average Bonchev–Trinajstić information content (AvgIpc) is 3.06. The summed E-state index contributed by atoms with van der Waals surface area (Å²) in [6.45, 7) is 3.50. The van der Waals surface area contributed by atoms with Crippen LogP contribution in [-0.4, -0.2) is 11.1 Å². The molecule has 0 saturated carbocycles. The van der Waals surface area contributed by atoms with Crippen molar-refractivity contribution in [3.8, 4) is 11.3 Å². The highest BCUT2D eigenvalue weighted by molar-refractivity contribution is 5.88. The highest BCUT2D eigenvalue weighted by Gasteiger charge is 2.07. The lowest BCUT2D eigenvalue weighted by atomic mass is 10.1. The minimum absolute atomic E-state index is 0. The van der Waals surface area contributed by atoms with Crippen molar-refractivity contribution in [1.82, 2.24) is 5.32 Å². The Morgan fingerprint density at radius 1 is 0.960 bits per heavy atom. The summed E-state index contributed by atoms with van der Waals surface area (Å²) in [5.41, 5.74) is 3.62. The second-order valence-corrected chi connectivity index (χ2v) is 5.74. The minimum Gasteiger partial charge on any atom is -0.478 e. The molecule has 2 N–H and O–H groups in total. The van der Waals surface area contributed by atoms with Crippen LogP contribution >= 0.6 is 12.4 Å². The van der Waals surface area contributed by atoms with E-state index in [1.54, 1.807) is 24.3 Å². The van der Waals surface area contributed by atoms with Gasteiger partial charge in [0.1, 0.15) is 11.5 Å². The first-order valence-corrected chi connectivity index (χ1v) is 7.80. The minimum atomic E-state index is -0.929. The summed E-state index contributed by atoms with van der Waals surface area (Å²) in [6, 6.07) is 18.9. The van der Waals surface area contributed by atoms with Crippen molar-refractivity contribution >= 4 is 18.4 Å². The fourth-order valence-corrected chi connectivity index (χ4v) is 2.44. The number of nitrogens with one attached hydrogen (secondary N) is 1. The first-order chi connectivity index (χ1) is 11.6. The smallest absolute Gasteiger partial charge is 0.335 e. The second kappa shape index (κ2) is 8.51. The van der Waals surface area contributed by atoms with E-state index in [1.165, 1.54) is 11.1 Å². The molecular weight excluding hydrogens is 338 g/mol. The van der Waals surface area contributed by atoms with E-state index in [4.69, 9.17) is 9.52 Å². The molecule has 0 saturated heterocycles. The van der Waals surface area contributed by atoms with Crippen molar-refractivity contribution in [2.24, 2.45) is 0 Å². The molecule has 0 aliphatic rings. The predicted octanol–water partition coefficient (Wildman–Crippen LogP) is 4.66. The Morgan fingerprint density at radius 3 is 2.28 bits per heavy atom. The summed E-state index contributed by atoms with van der Waals surface area (Å²) in [4.78, 5) is 10.9. The number of aryl methyl sites for hydroxylation is 1. The number of hydrogen-bond acceptors (Lipinski definition) is 3. The molecule has 1 heterocycles. The zero-order valence-corrected chi connectivity index (χ0v) is 14.7. The maximum atomic E-state index is 10.9. The highest BCUT2D eigenvalue weighted by Crippen LogP contribution is 2.22. The van der Waals surface area contributed by atoms with Crippen molar-refractivity contribution in [3.05, 3.63) is 83.1 Å². The molecule has 0 unspecified atom stereocenters. The van der Waals surface area contributed by atoms with Crippen LogP contribution < -0.4 is 5.32 Å². The van der Waals surface area contributed by atoms with Gasteiger partial charge in [-0.3, -0.25) is 0 Å². The Kier molecular flexibility index (Phi) is 6.39. The quantitative estimate of drug-likeness (QED) is 0.673. The van der Waals surface area contributed by atoms with Crippen LogP contribution in [0.3, 0.4) is 0 Å². The zero-order chi connectivity index (χ0) is 16.9. The molecule has 0 radical (unpaired) electrons. The summed E-state index contributed by atoms with van der Waals surface area (Å²) in [5, 5.41) is 12.3. The van der Waals surface area contributed by atoms with Crippen molar-refractivity contribution in [2.45, 2.75) is 20.0 Å². The summed E-state index contributed by atoms with van der Waals surface area (Å²) in [5.74, 6) is 0.653. The molecule has 0 atom stereocenters. The van der Waals surface area contributed by atoms with Gasteiger partial charge in [0.25, 0.3) is 0 Å². The lowest BCUT2D eigenvalue weighted by Gasteiger charge is -2.04. The van der Waals surface area contributed by atoms with Gasteiger partial charge in [-0.1, -0.05) is 42.0 Å². The number of carboxylic acids is 1. The van der Waals surface area contributed by atoms with Crippen LogP contribution in [-0.2, 0) is 13.1 Å². The van der Waals surface area contributed by atoms with Crippen molar-refractivity contribution in [1.29, 1.82) is 0 Å². The monoisotopic (exact) mass is 357 g/mol. The molecule has 0 fully saturated rings. The highest BCUT2D eigenvalue weighted by atomic mass is 35.5. The summed E-state index contributed by atoms with van der Waals surface area (Å²) in [7, 11) is 0. The number of carbonyl (C=O) groups is 1. The summed E-state index contributed by atoms with van der Waals surface area (Å²) in [6.07, 6.45) is 0. The van der Waals surface area contributed by atoms with E-state index < -0.39 is 5.97 Å². The molecule has 0 bridgehead atoms. The average molecular weight is 358 g/mol. The third-order valence-corrected chi connectivity index (χ3v) is 3.83.